The Hall–Kier alpha value is -1.90. The van der Waals surface area contributed by atoms with Gasteiger partial charge in [-0.05, 0) is 12.5 Å². The zero-order valence-corrected chi connectivity index (χ0v) is 14.9. The van der Waals surface area contributed by atoms with Gasteiger partial charge in [0.2, 0.25) is 6.29 Å². The number of piperazine rings is 1. The predicted octanol–water partition coefficient (Wildman–Crippen LogP) is -0.145. The summed E-state index contributed by atoms with van der Waals surface area (Å²) in [6.45, 7) is 2.96. The highest BCUT2D eigenvalue weighted by molar-refractivity contribution is 5.42. The Morgan fingerprint density at radius 3 is 2.72 bits per heavy atom. The Kier molecular flexibility index (Phi) is 5.72. The van der Waals surface area contributed by atoms with Crippen LogP contribution in [0.25, 0.3) is 6.20 Å². The van der Waals surface area contributed by atoms with Gasteiger partial charge in [-0.1, -0.05) is 4.48 Å². The monoisotopic (exact) mass is 352 g/mol. The summed E-state index contributed by atoms with van der Waals surface area (Å²) in [4.78, 5) is 6.71. The second kappa shape index (κ2) is 7.99. The maximum Gasteiger partial charge on any atom is 0.207 e. The van der Waals surface area contributed by atoms with E-state index in [-0.39, 0.29) is 6.04 Å². The largest absolute Gasteiger partial charge is 0.493 e. The van der Waals surface area contributed by atoms with Crippen LogP contribution in [-0.4, -0.2) is 69.9 Å². The van der Waals surface area contributed by atoms with Crippen LogP contribution >= 0.6 is 0 Å². The number of ether oxygens (including phenoxy) is 3. The van der Waals surface area contributed by atoms with Gasteiger partial charge in [-0.3, -0.25) is 4.90 Å². The van der Waals surface area contributed by atoms with E-state index in [1.54, 1.807) is 33.5 Å². The minimum Gasteiger partial charge on any atom is -0.493 e. The zero-order valence-electron chi connectivity index (χ0n) is 14.9. The van der Waals surface area contributed by atoms with Crippen molar-refractivity contribution in [1.29, 1.82) is 0 Å². The second-order valence-electron chi connectivity index (χ2n) is 6.09. The Bertz CT molecular complexity index is 715. The van der Waals surface area contributed by atoms with E-state index in [1.165, 1.54) is 6.20 Å². The minimum absolute atomic E-state index is 0.163. The van der Waals surface area contributed by atoms with Crippen molar-refractivity contribution in [2.24, 2.45) is 4.99 Å². The molecule has 1 aromatic carbocycles. The average molecular weight is 352 g/mol. The summed E-state index contributed by atoms with van der Waals surface area (Å²) in [5.41, 5.74) is 0. The second-order valence-corrected chi connectivity index (χ2v) is 6.09. The van der Waals surface area contributed by atoms with Crippen molar-refractivity contribution in [2.45, 2.75) is 18.8 Å². The first-order valence-electron chi connectivity index (χ1n) is 8.39. The van der Waals surface area contributed by atoms with Crippen LogP contribution in [0.2, 0.25) is 0 Å². The Balaban J connectivity index is 1.94. The number of nitrogens with zero attached hydrogens (tertiary/aromatic N) is 3. The number of hydrogen-bond donors (Lipinski definition) is 1. The van der Waals surface area contributed by atoms with Crippen molar-refractivity contribution >= 4 is 6.20 Å². The molecule has 1 fully saturated rings. The van der Waals surface area contributed by atoms with E-state index in [0.717, 1.165) is 26.1 Å². The molecule has 0 radical (unpaired) electrons. The number of nitrogens with one attached hydrogen (secondary N) is 1. The van der Waals surface area contributed by atoms with Crippen LogP contribution in [0.5, 0.6) is 11.5 Å². The molecule has 0 amide bonds. The van der Waals surface area contributed by atoms with Crippen LogP contribution in [0.15, 0.2) is 17.1 Å². The van der Waals surface area contributed by atoms with Crippen LogP contribution in [0.4, 0.5) is 4.48 Å². The molecule has 25 heavy (non-hydrogen) atoms. The molecular weight excluding hydrogens is 327 g/mol. The highest BCUT2D eigenvalue weighted by Gasteiger charge is 2.32. The van der Waals surface area contributed by atoms with Crippen LogP contribution in [0, 0.1) is 0 Å². The van der Waals surface area contributed by atoms with Gasteiger partial charge in [-0.25, -0.2) is 4.99 Å². The number of benzene rings is 1. The van der Waals surface area contributed by atoms with Crippen molar-refractivity contribution in [2.75, 3.05) is 47.6 Å². The van der Waals surface area contributed by atoms with Gasteiger partial charge in [0.05, 0.1) is 19.6 Å². The summed E-state index contributed by atoms with van der Waals surface area (Å²) >= 11 is 0. The van der Waals surface area contributed by atoms with Crippen molar-refractivity contribution in [3.63, 3.8) is 0 Å². The van der Waals surface area contributed by atoms with Gasteiger partial charge in [0.1, 0.15) is 0 Å². The molecule has 1 saturated heterocycles. The van der Waals surface area contributed by atoms with Crippen LogP contribution < -0.4 is 25.4 Å². The van der Waals surface area contributed by atoms with Crippen molar-refractivity contribution in [3.8, 4) is 11.5 Å². The van der Waals surface area contributed by atoms with Gasteiger partial charge < -0.3 is 19.5 Å². The molecule has 1 N–H and O–H groups in total. The topological polar surface area (TPSA) is 58.6 Å². The Labute approximate surface area is 146 Å². The molecule has 2 aliphatic rings. The fourth-order valence-electron chi connectivity index (χ4n) is 3.30. The van der Waals surface area contributed by atoms with Gasteiger partial charge in [0.25, 0.3) is 0 Å². The number of methoxy groups -OCH3 is 3. The Morgan fingerprint density at radius 2 is 2.00 bits per heavy atom. The quantitative estimate of drug-likeness (QED) is 0.719. The van der Waals surface area contributed by atoms with Crippen LogP contribution in [-0.2, 0) is 4.74 Å². The number of hydrogen-bond acceptors (Lipinski definition) is 7. The average Bonchev–Trinajstić information content (AvgIpc) is 2.65. The third-order valence-electron chi connectivity index (χ3n) is 4.62. The summed E-state index contributed by atoms with van der Waals surface area (Å²) < 4.78 is 30.6. The summed E-state index contributed by atoms with van der Waals surface area (Å²) in [6.07, 6.45) is 1.60. The number of halogens is 1. The van der Waals surface area contributed by atoms with E-state index in [9.17, 15) is 4.48 Å². The summed E-state index contributed by atoms with van der Waals surface area (Å²) in [6, 6.07) is 3.69. The summed E-state index contributed by atoms with van der Waals surface area (Å²) in [5, 5.41) is 5.38. The lowest BCUT2D eigenvalue weighted by Gasteiger charge is -2.41. The maximum absolute atomic E-state index is 14.7. The highest BCUT2D eigenvalue weighted by Crippen LogP contribution is 2.23. The molecule has 0 bridgehead atoms. The van der Waals surface area contributed by atoms with E-state index in [4.69, 9.17) is 14.2 Å². The molecule has 1 aromatic rings. The molecule has 138 valence electrons. The van der Waals surface area contributed by atoms with E-state index in [0.29, 0.717) is 33.8 Å². The van der Waals surface area contributed by atoms with E-state index >= 15 is 0 Å². The van der Waals surface area contributed by atoms with Gasteiger partial charge >= 0.3 is 0 Å². The lowest BCUT2D eigenvalue weighted by Crippen LogP contribution is -2.59. The normalized spacial score (nSPS) is 23.4. The first-order valence-corrected chi connectivity index (χ1v) is 8.39. The molecule has 0 aliphatic carbocycles. The fraction of sp³-hybridized carbons (Fsp3) is 0.588. The highest BCUT2D eigenvalue weighted by atomic mass is 19.2. The zero-order chi connectivity index (χ0) is 17.8. The minimum atomic E-state index is -0.686. The molecule has 2 heterocycles. The van der Waals surface area contributed by atoms with Gasteiger partial charge in [0.15, 0.2) is 11.5 Å². The third kappa shape index (κ3) is 3.70. The molecule has 2 atom stereocenters. The predicted molar refractivity (Wildman–Crippen MR) is 91.4 cm³/mol. The molecule has 2 aliphatic heterocycles. The molecular formula is C17H25FN4O3. The molecule has 3 rings (SSSR count). The first kappa shape index (κ1) is 17.9. The SMILES string of the molecule is COCCC1CNCCN1C1N=c2cc(OC)c(OC)cc2=CN1F. The maximum atomic E-state index is 14.7. The van der Waals surface area contributed by atoms with E-state index < -0.39 is 6.29 Å². The van der Waals surface area contributed by atoms with Crippen LogP contribution in [0.1, 0.15) is 6.42 Å². The first-order chi connectivity index (χ1) is 12.2. The smallest absolute Gasteiger partial charge is 0.207 e. The number of rotatable bonds is 6. The summed E-state index contributed by atoms with van der Waals surface area (Å²) in [5.74, 6) is 1.14. The van der Waals surface area contributed by atoms with Gasteiger partial charge in [0, 0.05) is 56.9 Å². The van der Waals surface area contributed by atoms with Gasteiger partial charge in [-0.2, -0.15) is 5.12 Å². The molecule has 7 nitrogen and oxygen atoms in total. The van der Waals surface area contributed by atoms with Crippen molar-refractivity contribution in [3.05, 3.63) is 22.7 Å². The third-order valence-corrected chi connectivity index (χ3v) is 4.62. The molecule has 0 saturated carbocycles. The summed E-state index contributed by atoms with van der Waals surface area (Å²) in [7, 11) is 4.81. The standard InChI is InChI=1S/C17H25FN4O3/c1-23-7-4-13-10-19-5-6-21(13)17-20-14-9-16(25-3)15(24-2)8-12(14)11-22(17)18/h8-9,11,13,17,19H,4-7,10H2,1-3H3. The lowest BCUT2D eigenvalue weighted by molar-refractivity contribution is -0.0622. The van der Waals surface area contributed by atoms with E-state index in [2.05, 4.69) is 15.2 Å². The van der Waals surface area contributed by atoms with Crippen molar-refractivity contribution in [1.82, 2.24) is 15.3 Å². The van der Waals surface area contributed by atoms with E-state index in [1.807, 2.05) is 0 Å². The lowest BCUT2D eigenvalue weighted by atomic mass is 10.1. The van der Waals surface area contributed by atoms with Gasteiger partial charge in [-0.15, -0.1) is 0 Å². The van der Waals surface area contributed by atoms with Crippen molar-refractivity contribution < 1.29 is 18.7 Å². The number of fused-ring (bicyclic) bond motifs is 1. The van der Waals surface area contributed by atoms with Crippen LogP contribution in [0.3, 0.4) is 0 Å². The Morgan fingerprint density at radius 1 is 1.24 bits per heavy atom. The molecule has 0 spiro atoms. The fourth-order valence-corrected chi connectivity index (χ4v) is 3.30. The molecule has 0 aromatic heterocycles. The molecule has 8 heteroatoms. The molecule has 2 unspecified atom stereocenters.